The van der Waals surface area contributed by atoms with Crippen LogP contribution >= 0.6 is 0 Å². The number of fused-ring (bicyclic) bond motifs is 2. The predicted octanol–water partition coefficient (Wildman–Crippen LogP) is 1.89. The minimum atomic E-state index is -4.54. The molecule has 4 rings (SSSR count). The molecule has 0 aliphatic carbocycles. The van der Waals surface area contributed by atoms with Crippen LogP contribution in [-0.2, 0) is 27.5 Å². The second-order valence-electron chi connectivity index (χ2n) is 7.34. The minimum absolute atomic E-state index is 0.0347. The van der Waals surface area contributed by atoms with Crippen molar-refractivity contribution in [3.05, 3.63) is 47.9 Å². The second-order valence-corrected chi connectivity index (χ2v) is 9.11. The van der Waals surface area contributed by atoms with Gasteiger partial charge in [-0.3, -0.25) is 9.20 Å². The number of hydrogen-bond acceptors (Lipinski definition) is 7. The Bertz CT molecular complexity index is 1310. The summed E-state index contributed by atoms with van der Waals surface area (Å²) < 4.78 is 78.3. The summed E-state index contributed by atoms with van der Waals surface area (Å²) in [4.78, 5) is 12.1. The van der Waals surface area contributed by atoms with Gasteiger partial charge >= 0.3 is 6.18 Å². The van der Waals surface area contributed by atoms with Gasteiger partial charge in [0.1, 0.15) is 0 Å². The van der Waals surface area contributed by atoms with E-state index in [2.05, 4.69) is 20.2 Å². The van der Waals surface area contributed by atoms with Gasteiger partial charge in [-0.2, -0.15) is 13.2 Å². The zero-order valence-corrected chi connectivity index (χ0v) is 18.4. The van der Waals surface area contributed by atoms with Crippen molar-refractivity contribution in [3.8, 4) is 11.5 Å². The van der Waals surface area contributed by atoms with Crippen molar-refractivity contribution in [3.63, 3.8) is 0 Å². The van der Waals surface area contributed by atoms with Crippen LogP contribution in [0.15, 0.2) is 41.4 Å². The van der Waals surface area contributed by atoms with E-state index in [9.17, 15) is 26.4 Å². The van der Waals surface area contributed by atoms with Gasteiger partial charge in [0.25, 0.3) is 0 Å². The molecule has 2 aromatic heterocycles. The lowest BCUT2D eigenvalue weighted by Gasteiger charge is -2.11. The minimum Gasteiger partial charge on any atom is -0.490 e. The maximum atomic E-state index is 12.9. The lowest BCUT2D eigenvalue weighted by molar-refractivity contribution is -0.137. The number of carbonyl (C=O) groups is 1. The highest BCUT2D eigenvalue weighted by atomic mass is 32.2. The molecule has 0 saturated heterocycles. The van der Waals surface area contributed by atoms with Crippen LogP contribution in [0.1, 0.15) is 24.2 Å². The molecule has 2 N–H and O–H groups in total. The Kier molecular flexibility index (Phi) is 6.61. The zero-order chi connectivity index (χ0) is 24.3. The average molecular weight is 499 g/mol. The summed E-state index contributed by atoms with van der Waals surface area (Å²) in [7, 11) is -3.91. The Morgan fingerprint density at radius 2 is 1.85 bits per heavy atom. The van der Waals surface area contributed by atoms with Crippen LogP contribution in [0.2, 0.25) is 0 Å². The molecular formula is C20H20F3N5O5S. The van der Waals surface area contributed by atoms with Gasteiger partial charge in [-0.1, -0.05) is 0 Å². The molecule has 0 atom stereocenters. The number of sulfonamides is 1. The van der Waals surface area contributed by atoms with E-state index in [1.807, 2.05) is 0 Å². The number of rotatable bonds is 7. The van der Waals surface area contributed by atoms with Crippen LogP contribution in [0.5, 0.6) is 11.5 Å². The summed E-state index contributed by atoms with van der Waals surface area (Å²) in [6, 6.07) is 6.31. The number of carbonyl (C=O) groups excluding carboxylic acids is 1. The molecule has 34 heavy (non-hydrogen) atoms. The number of alkyl halides is 3. The third-order valence-corrected chi connectivity index (χ3v) is 6.38. The standard InChI is InChI=1S/C20H20F3N5O5S/c21-20(22,23)13-2-5-17-26-27-18(28(17)12-13)11-24-19(29)6-7-25-34(30,31)14-3-4-15-16(10-14)33-9-1-8-32-15/h2-5,10,12,25H,1,6-9,11H2,(H,24,29). The molecule has 1 aliphatic heterocycles. The van der Waals surface area contributed by atoms with E-state index in [1.54, 1.807) is 0 Å². The Morgan fingerprint density at radius 1 is 1.09 bits per heavy atom. The largest absolute Gasteiger partial charge is 0.490 e. The molecule has 3 heterocycles. The first-order chi connectivity index (χ1) is 16.1. The topological polar surface area (TPSA) is 124 Å². The zero-order valence-electron chi connectivity index (χ0n) is 17.6. The fourth-order valence-electron chi connectivity index (χ4n) is 3.19. The summed E-state index contributed by atoms with van der Waals surface area (Å²) >= 11 is 0. The quantitative estimate of drug-likeness (QED) is 0.509. The molecular weight excluding hydrogens is 479 g/mol. The van der Waals surface area contributed by atoms with Crippen LogP contribution in [-0.4, -0.2) is 48.7 Å². The van der Waals surface area contributed by atoms with Crippen molar-refractivity contribution in [2.75, 3.05) is 19.8 Å². The van der Waals surface area contributed by atoms with E-state index in [1.165, 1.54) is 24.3 Å². The van der Waals surface area contributed by atoms with E-state index in [0.29, 0.717) is 31.1 Å². The lowest BCUT2D eigenvalue weighted by atomic mass is 10.3. The Labute approximate surface area is 192 Å². The van der Waals surface area contributed by atoms with Crippen molar-refractivity contribution in [1.82, 2.24) is 24.6 Å². The number of pyridine rings is 1. The molecule has 0 radical (unpaired) electrons. The van der Waals surface area contributed by atoms with Crippen molar-refractivity contribution in [2.45, 2.75) is 30.5 Å². The molecule has 0 fully saturated rings. The smallest absolute Gasteiger partial charge is 0.417 e. The highest BCUT2D eigenvalue weighted by Gasteiger charge is 2.31. The molecule has 14 heteroatoms. The third-order valence-electron chi connectivity index (χ3n) is 4.92. The van der Waals surface area contributed by atoms with Crippen LogP contribution in [0.4, 0.5) is 13.2 Å². The van der Waals surface area contributed by atoms with Gasteiger partial charge in [-0.05, 0) is 24.3 Å². The number of amides is 1. The van der Waals surface area contributed by atoms with Crippen LogP contribution in [0.25, 0.3) is 5.65 Å². The van der Waals surface area contributed by atoms with Gasteiger partial charge in [-0.15, -0.1) is 10.2 Å². The van der Waals surface area contributed by atoms with Gasteiger partial charge in [0.15, 0.2) is 23.0 Å². The summed E-state index contributed by atoms with van der Waals surface area (Å²) in [6.45, 7) is 0.501. The Morgan fingerprint density at radius 3 is 2.62 bits per heavy atom. The number of nitrogens with one attached hydrogen (secondary N) is 2. The molecule has 182 valence electrons. The molecule has 10 nitrogen and oxygen atoms in total. The second kappa shape index (κ2) is 9.46. The summed E-state index contributed by atoms with van der Waals surface area (Å²) in [6.07, 6.45) is -3.21. The SMILES string of the molecule is O=C(CCNS(=O)(=O)c1ccc2c(c1)OCCCO2)NCc1nnc2ccc(C(F)(F)F)cn12. The molecule has 1 amide bonds. The highest BCUT2D eigenvalue weighted by Crippen LogP contribution is 2.32. The number of hydrogen-bond donors (Lipinski definition) is 2. The molecule has 0 bridgehead atoms. The van der Waals surface area contributed by atoms with Crippen LogP contribution < -0.4 is 19.5 Å². The summed E-state index contributed by atoms with van der Waals surface area (Å²) in [5.74, 6) is 0.360. The molecule has 0 spiro atoms. The summed E-state index contributed by atoms with van der Waals surface area (Å²) in [5.41, 5.74) is -0.684. The molecule has 1 aliphatic rings. The van der Waals surface area contributed by atoms with Gasteiger partial charge in [0, 0.05) is 31.6 Å². The van der Waals surface area contributed by atoms with Gasteiger partial charge in [0.2, 0.25) is 15.9 Å². The first kappa shape index (κ1) is 23.8. The molecule has 0 unspecified atom stereocenters. The monoisotopic (exact) mass is 499 g/mol. The van der Waals surface area contributed by atoms with Crippen molar-refractivity contribution < 1.29 is 35.9 Å². The van der Waals surface area contributed by atoms with Crippen LogP contribution in [0, 0.1) is 0 Å². The van der Waals surface area contributed by atoms with Crippen LogP contribution in [0.3, 0.4) is 0 Å². The highest BCUT2D eigenvalue weighted by molar-refractivity contribution is 7.89. The Hall–Kier alpha value is -3.39. The molecule has 1 aromatic carbocycles. The number of ether oxygens (including phenoxy) is 2. The predicted molar refractivity (Wildman–Crippen MR) is 112 cm³/mol. The van der Waals surface area contributed by atoms with Gasteiger partial charge in [0.05, 0.1) is 30.2 Å². The number of nitrogens with zero attached hydrogens (tertiary/aromatic N) is 3. The van der Waals surface area contributed by atoms with Gasteiger partial charge in [-0.25, -0.2) is 13.1 Å². The lowest BCUT2D eigenvalue weighted by Crippen LogP contribution is -2.31. The van der Waals surface area contributed by atoms with Crippen molar-refractivity contribution >= 4 is 21.6 Å². The van der Waals surface area contributed by atoms with E-state index >= 15 is 0 Å². The number of halogens is 3. The normalized spacial score (nSPS) is 14.1. The maximum absolute atomic E-state index is 12.9. The third kappa shape index (κ3) is 5.39. The molecule has 3 aromatic rings. The first-order valence-electron chi connectivity index (χ1n) is 10.2. The Balaban J connectivity index is 1.32. The maximum Gasteiger partial charge on any atom is 0.417 e. The fourth-order valence-corrected chi connectivity index (χ4v) is 4.23. The van der Waals surface area contributed by atoms with E-state index in [4.69, 9.17) is 9.47 Å². The average Bonchev–Trinajstić information content (AvgIpc) is 3.04. The van der Waals surface area contributed by atoms with E-state index in [-0.39, 0.29) is 35.9 Å². The number of benzene rings is 1. The molecule has 0 saturated carbocycles. The van der Waals surface area contributed by atoms with Crippen molar-refractivity contribution in [2.24, 2.45) is 0 Å². The van der Waals surface area contributed by atoms with Gasteiger partial charge < -0.3 is 14.8 Å². The summed E-state index contributed by atoms with van der Waals surface area (Å²) in [5, 5.41) is 10.1. The van der Waals surface area contributed by atoms with Crippen molar-refractivity contribution in [1.29, 1.82) is 0 Å². The number of aromatic nitrogens is 3. The first-order valence-corrected chi connectivity index (χ1v) is 11.7. The van der Waals surface area contributed by atoms with E-state index < -0.39 is 27.7 Å². The van der Waals surface area contributed by atoms with E-state index in [0.717, 1.165) is 16.7 Å². The fraction of sp³-hybridized carbons (Fsp3) is 0.350.